The second-order valence-corrected chi connectivity index (χ2v) is 2.85. The second kappa shape index (κ2) is 2.64. The zero-order valence-corrected chi connectivity index (χ0v) is 6.66. The van der Waals surface area contributed by atoms with E-state index in [2.05, 4.69) is 6.58 Å². The monoisotopic (exact) mass is 162 g/mol. The van der Waals surface area contributed by atoms with Gasteiger partial charge in [0.1, 0.15) is 18.5 Å². The van der Waals surface area contributed by atoms with E-state index in [1.165, 1.54) is 0 Å². The first kappa shape index (κ1) is 7.37. The lowest BCUT2D eigenvalue weighted by Gasteiger charge is -2.23. The molecule has 1 heterocycles. The standard InChI is InChI=1S/C10H10O2/c1-7-8-4-2-3-5-10(8)12-6-9(7)11/h2-5,9,11H,1,6H2/t9-/m1/s1. The molecule has 0 saturated carbocycles. The average Bonchev–Trinajstić information content (AvgIpc) is 2.12. The highest BCUT2D eigenvalue weighted by molar-refractivity contribution is 5.72. The Morgan fingerprint density at radius 2 is 2.17 bits per heavy atom. The van der Waals surface area contributed by atoms with Crippen molar-refractivity contribution < 1.29 is 9.84 Å². The maximum atomic E-state index is 9.40. The molecule has 1 N–H and O–H groups in total. The fraction of sp³-hybridized carbons (Fsp3) is 0.200. The van der Waals surface area contributed by atoms with Crippen LogP contribution >= 0.6 is 0 Å². The minimum absolute atomic E-state index is 0.315. The first-order chi connectivity index (χ1) is 5.79. The van der Waals surface area contributed by atoms with E-state index in [4.69, 9.17) is 4.74 Å². The van der Waals surface area contributed by atoms with E-state index in [0.717, 1.165) is 16.9 Å². The molecule has 0 aliphatic carbocycles. The maximum absolute atomic E-state index is 9.40. The summed E-state index contributed by atoms with van der Waals surface area (Å²) in [7, 11) is 0. The summed E-state index contributed by atoms with van der Waals surface area (Å²) in [6.07, 6.45) is -0.556. The van der Waals surface area contributed by atoms with E-state index >= 15 is 0 Å². The molecule has 1 aliphatic rings. The molecule has 1 atom stereocenters. The number of ether oxygens (including phenoxy) is 1. The summed E-state index contributed by atoms with van der Waals surface area (Å²) in [4.78, 5) is 0. The molecule has 0 aromatic heterocycles. The Balaban J connectivity index is 2.49. The van der Waals surface area contributed by atoms with Gasteiger partial charge in [0.15, 0.2) is 0 Å². The van der Waals surface area contributed by atoms with Crippen LogP contribution in [0.3, 0.4) is 0 Å². The van der Waals surface area contributed by atoms with Crippen molar-refractivity contribution in [2.24, 2.45) is 0 Å². The minimum Gasteiger partial charge on any atom is -0.490 e. The van der Waals surface area contributed by atoms with Crippen LogP contribution in [-0.2, 0) is 0 Å². The lowest BCUT2D eigenvalue weighted by atomic mass is 10.00. The summed E-state index contributed by atoms with van der Waals surface area (Å²) < 4.78 is 5.30. The molecule has 1 aliphatic heterocycles. The largest absolute Gasteiger partial charge is 0.490 e. The normalized spacial score (nSPS) is 21.4. The fourth-order valence-corrected chi connectivity index (χ4v) is 1.31. The molecule has 0 spiro atoms. The van der Waals surface area contributed by atoms with Crippen LogP contribution in [0.5, 0.6) is 5.75 Å². The summed E-state index contributed by atoms with van der Waals surface area (Å²) >= 11 is 0. The number of hydrogen-bond acceptors (Lipinski definition) is 2. The topological polar surface area (TPSA) is 29.5 Å². The second-order valence-electron chi connectivity index (χ2n) is 2.85. The maximum Gasteiger partial charge on any atom is 0.127 e. The van der Waals surface area contributed by atoms with Gasteiger partial charge in [-0.2, -0.15) is 0 Å². The number of para-hydroxylation sites is 1. The van der Waals surface area contributed by atoms with Gasteiger partial charge >= 0.3 is 0 Å². The Morgan fingerprint density at radius 3 is 3.00 bits per heavy atom. The van der Waals surface area contributed by atoms with Gasteiger partial charge in [0.05, 0.1) is 0 Å². The van der Waals surface area contributed by atoms with E-state index in [1.807, 2.05) is 24.3 Å². The molecular weight excluding hydrogens is 152 g/mol. The van der Waals surface area contributed by atoms with Crippen LogP contribution in [-0.4, -0.2) is 17.8 Å². The van der Waals surface area contributed by atoms with Gasteiger partial charge in [-0.25, -0.2) is 0 Å². The van der Waals surface area contributed by atoms with Crippen molar-refractivity contribution >= 4 is 5.57 Å². The van der Waals surface area contributed by atoms with Crippen molar-refractivity contribution in [3.8, 4) is 5.75 Å². The summed E-state index contributed by atoms with van der Waals surface area (Å²) in [5.41, 5.74) is 1.66. The van der Waals surface area contributed by atoms with Gasteiger partial charge in [-0.15, -0.1) is 0 Å². The molecule has 0 radical (unpaired) electrons. The molecule has 0 saturated heterocycles. The molecule has 2 rings (SSSR count). The Labute approximate surface area is 71.1 Å². The lowest BCUT2D eigenvalue weighted by Crippen LogP contribution is -2.23. The fourth-order valence-electron chi connectivity index (χ4n) is 1.31. The summed E-state index contributed by atoms with van der Waals surface area (Å²) in [5.74, 6) is 0.813. The molecule has 0 amide bonds. The molecular formula is C10H10O2. The third kappa shape index (κ3) is 1.01. The first-order valence-corrected chi connectivity index (χ1v) is 3.88. The smallest absolute Gasteiger partial charge is 0.127 e. The van der Waals surface area contributed by atoms with Gasteiger partial charge in [0.2, 0.25) is 0 Å². The molecule has 2 nitrogen and oxygen atoms in total. The van der Waals surface area contributed by atoms with Crippen LogP contribution in [0.1, 0.15) is 5.56 Å². The minimum atomic E-state index is -0.556. The van der Waals surface area contributed by atoms with Crippen molar-refractivity contribution in [2.75, 3.05) is 6.61 Å². The van der Waals surface area contributed by atoms with Crippen molar-refractivity contribution in [1.29, 1.82) is 0 Å². The number of fused-ring (bicyclic) bond motifs is 1. The predicted molar refractivity (Wildman–Crippen MR) is 47.0 cm³/mol. The van der Waals surface area contributed by atoms with Gasteiger partial charge in [-0.3, -0.25) is 0 Å². The summed E-state index contributed by atoms with van der Waals surface area (Å²) in [5, 5.41) is 9.40. The molecule has 0 fully saturated rings. The van der Waals surface area contributed by atoms with Crippen LogP contribution in [0.25, 0.3) is 5.57 Å². The van der Waals surface area contributed by atoms with E-state index < -0.39 is 6.10 Å². The van der Waals surface area contributed by atoms with Crippen LogP contribution < -0.4 is 4.74 Å². The molecule has 1 aromatic carbocycles. The van der Waals surface area contributed by atoms with Gasteiger partial charge in [0, 0.05) is 5.56 Å². The van der Waals surface area contributed by atoms with Crippen molar-refractivity contribution in [3.63, 3.8) is 0 Å². The molecule has 0 unspecified atom stereocenters. The summed E-state index contributed by atoms with van der Waals surface area (Å²) in [6.45, 7) is 4.12. The highest BCUT2D eigenvalue weighted by Gasteiger charge is 2.20. The Morgan fingerprint density at radius 1 is 1.42 bits per heavy atom. The third-order valence-electron chi connectivity index (χ3n) is 2.03. The van der Waals surface area contributed by atoms with Gasteiger partial charge in [-0.05, 0) is 11.6 Å². The molecule has 0 bridgehead atoms. The zero-order chi connectivity index (χ0) is 8.55. The third-order valence-corrected chi connectivity index (χ3v) is 2.03. The van der Waals surface area contributed by atoms with Crippen molar-refractivity contribution in [3.05, 3.63) is 36.4 Å². The van der Waals surface area contributed by atoms with Crippen molar-refractivity contribution in [1.82, 2.24) is 0 Å². The quantitative estimate of drug-likeness (QED) is 0.625. The predicted octanol–water partition coefficient (Wildman–Crippen LogP) is 1.45. The molecule has 62 valence electrons. The van der Waals surface area contributed by atoms with Crippen LogP contribution in [0.4, 0.5) is 0 Å². The van der Waals surface area contributed by atoms with Crippen LogP contribution in [0.2, 0.25) is 0 Å². The first-order valence-electron chi connectivity index (χ1n) is 3.88. The van der Waals surface area contributed by atoms with Crippen LogP contribution in [0.15, 0.2) is 30.8 Å². The Bertz CT molecular complexity index is 317. The van der Waals surface area contributed by atoms with Gasteiger partial charge in [-0.1, -0.05) is 24.8 Å². The number of benzene rings is 1. The number of hydrogen-bond donors (Lipinski definition) is 1. The number of aliphatic hydroxyl groups excluding tert-OH is 1. The van der Waals surface area contributed by atoms with Crippen LogP contribution in [0, 0.1) is 0 Å². The SMILES string of the molecule is C=C1c2ccccc2OC[C@H]1O. The Hall–Kier alpha value is -1.28. The molecule has 1 aromatic rings. The van der Waals surface area contributed by atoms with Crippen molar-refractivity contribution in [2.45, 2.75) is 6.10 Å². The zero-order valence-electron chi connectivity index (χ0n) is 6.66. The number of aliphatic hydroxyl groups is 1. The van der Waals surface area contributed by atoms with E-state index in [1.54, 1.807) is 0 Å². The van der Waals surface area contributed by atoms with Gasteiger partial charge < -0.3 is 9.84 Å². The average molecular weight is 162 g/mol. The number of rotatable bonds is 0. The highest BCUT2D eigenvalue weighted by atomic mass is 16.5. The van der Waals surface area contributed by atoms with Gasteiger partial charge in [0.25, 0.3) is 0 Å². The highest BCUT2D eigenvalue weighted by Crippen LogP contribution is 2.31. The van der Waals surface area contributed by atoms with E-state index in [-0.39, 0.29) is 0 Å². The summed E-state index contributed by atoms with van der Waals surface area (Å²) in [6, 6.07) is 7.60. The Kier molecular flexibility index (Phi) is 1.62. The van der Waals surface area contributed by atoms with E-state index in [0.29, 0.717) is 6.61 Å². The lowest BCUT2D eigenvalue weighted by molar-refractivity contribution is 0.142. The van der Waals surface area contributed by atoms with E-state index in [9.17, 15) is 5.11 Å². The molecule has 2 heteroatoms. The molecule has 12 heavy (non-hydrogen) atoms.